The molecule has 0 unspecified atom stereocenters. The smallest absolute Gasteiger partial charge is 0.000451 e. The van der Waals surface area contributed by atoms with Crippen molar-refractivity contribution in [2.24, 2.45) is 0 Å². The van der Waals surface area contributed by atoms with Crippen molar-refractivity contribution >= 4 is 86.2 Å². The minimum absolute atomic E-state index is 1.25. The lowest BCUT2D eigenvalue weighted by molar-refractivity contribution is 1.38. The highest BCUT2D eigenvalue weighted by Gasteiger charge is 2.29. The summed E-state index contributed by atoms with van der Waals surface area (Å²) in [4.78, 5) is 0. The van der Waals surface area contributed by atoms with E-state index in [1.54, 1.807) is 0 Å². The van der Waals surface area contributed by atoms with Crippen LogP contribution in [-0.4, -0.2) is 0 Å². The van der Waals surface area contributed by atoms with Gasteiger partial charge in [0.25, 0.3) is 0 Å². The van der Waals surface area contributed by atoms with Crippen LogP contribution in [0, 0.1) is 41.5 Å². The van der Waals surface area contributed by atoms with Gasteiger partial charge in [0.05, 0.1) is 0 Å². The van der Waals surface area contributed by atoms with Gasteiger partial charge in [-0.05, 0) is 218 Å². The number of rotatable bonds is 4. The molecule has 0 aliphatic carbocycles. The Hall–Kier alpha value is -7.54. The van der Waals surface area contributed by atoms with Crippen molar-refractivity contribution in [3.05, 3.63) is 203 Å². The summed E-state index contributed by atoms with van der Waals surface area (Å²) in [6, 6.07) is 64.9. The molecule has 0 heteroatoms. The second kappa shape index (κ2) is 13.5. The van der Waals surface area contributed by atoms with E-state index in [-0.39, 0.29) is 0 Å². The summed E-state index contributed by atoms with van der Waals surface area (Å²) in [5.41, 5.74) is 18.2. The van der Waals surface area contributed by atoms with E-state index in [4.69, 9.17) is 0 Å². The molecule has 0 heterocycles. The Morgan fingerprint density at radius 3 is 1.64 bits per heavy atom. The van der Waals surface area contributed by atoms with Crippen LogP contribution in [0.4, 0.5) is 0 Å². The molecule has 13 aromatic carbocycles. The lowest BCUT2D eigenvalue weighted by atomic mass is 9.82. The molecule has 0 bridgehead atoms. The first-order chi connectivity index (χ1) is 31.3. The molecule has 0 aliphatic rings. The van der Waals surface area contributed by atoms with Crippen LogP contribution >= 0.6 is 0 Å². The zero-order chi connectivity index (χ0) is 43.1. The highest BCUT2D eigenvalue weighted by molar-refractivity contribution is 6.46. The molecule has 0 saturated heterocycles. The van der Waals surface area contributed by atoms with Crippen LogP contribution in [0.3, 0.4) is 0 Å². The maximum Gasteiger partial charge on any atom is -0.000451 e. The normalized spacial score (nSPS) is 12.2. The first-order valence-corrected chi connectivity index (χ1v) is 22.8. The molecule has 0 aromatic heterocycles. The molecule has 0 saturated carbocycles. The highest BCUT2D eigenvalue weighted by Crippen LogP contribution is 2.57. The fourth-order valence-corrected chi connectivity index (χ4v) is 12.2. The van der Waals surface area contributed by atoms with Crippen LogP contribution in [0.25, 0.3) is 131 Å². The molecule has 0 radical (unpaired) electrons. The first-order valence-electron chi connectivity index (χ1n) is 22.8. The topological polar surface area (TPSA) is 0 Å². The van der Waals surface area contributed by atoms with Gasteiger partial charge in [-0.1, -0.05) is 158 Å². The second-order valence-electron chi connectivity index (χ2n) is 18.6. The van der Waals surface area contributed by atoms with Crippen LogP contribution in [0.1, 0.15) is 33.4 Å². The maximum absolute atomic E-state index is 2.59. The van der Waals surface area contributed by atoms with E-state index >= 15 is 0 Å². The molecule has 0 aliphatic heterocycles. The van der Waals surface area contributed by atoms with Crippen LogP contribution in [0.5, 0.6) is 0 Å². The van der Waals surface area contributed by atoms with Gasteiger partial charge >= 0.3 is 0 Å². The summed E-state index contributed by atoms with van der Waals surface area (Å²) >= 11 is 0. The summed E-state index contributed by atoms with van der Waals surface area (Å²) in [6.45, 7) is 13.6. The molecule has 0 N–H and O–H groups in total. The summed E-state index contributed by atoms with van der Waals surface area (Å²) < 4.78 is 0. The van der Waals surface area contributed by atoms with E-state index in [2.05, 4.69) is 211 Å². The van der Waals surface area contributed by atoms with Crippen molar-refractivity contribution in [1.29, 1.82) is 0 Å². The summed E-state index contributed by atoms with van der Waals surface area (Å²) in [6.07, 6.45) is 0. The van der Waals surface area contributed by atoms with Gasteiger partial charge in [-0.3, -0.25) is 0 Å². The summed E-state index contributed by atoms with van der Waals surface area (Å²) in [5, 5.41) is 21.2. The Bertz CT molecular complexity index is 4060. The van der Waals surface area contributed by atoms with Crippen LogP contribution < -0.4 is 0 Å². The van der Waals surface area contributed by atoms with Gasteiger partial charge in [-0.15, -0.1) is 0 Å². The van der Waals surface area contributed by atoms with E-state index in [0.717, 1.165) is 0 Å². The van der Waals surface area contributed by atoms with E-state index in [1.807, 2.05) is 0 Å². The molecule has 64 heavy (non-hydrogen) atoms. The average Bonchev–Trinajstić information content (AvgIpc) is 3.81. The van der Waals surface area contributed by atoms with E-state index < -0.39 is 0 Å². The van der Waals surface area contributed by atoms with Crippen LogP contribution in [0.2, 0.25) is 0 Å². The van der Waals surface area contributed by atoms with Crippen molar-refractivity contribution in [1.82, 2.24) is 0 Å². The summed E-state index contributed by atoms with van der Waals surface area (Å²) in [5.74, 6) is 0. The molecular weight excluding hydrogens is 769 g/mol. The van der Waals surface area contributed by atoms with Gasteiger partial charge < -0.3 is 0 Å². The minimum atomic E-state index is 1.25. The molecule has 13 rings (SSSR count). The van der Waals surface area contributed by atoms with Crippen molar-refractivity contribution in [3.63, 3.8) is 0 Å². The zero-order valence-electron chi connectivity index (χ0n) is 37.2. The van der Waals surface area contributed by atoms with Gasteiger partial charge in [-0.2, -0.15) is 0 Å². The Labute approximate surface area is 373 Å². The minimum Gasteiger partial charge on any atom is -0.0622 e. The molecule has 302 valence electrons. The lowest BCUT2D eigenvalue weighted by Gasteiger charge is -2.20. The molecule has 0 fully saturated rings. The number of hydrogen-bond donors (Lipinski definition) is 0. The Balaban J connectivity index is 1.31. The fraction of sp³-hybridized carbons (Fsp3) is 0.0938. The van der Waals surface area contributed by atoms with Crippen molar-refractivity contribution < 1.29 is 0 Å². The third-order valence-electron chi connectivity index (χ3n) is 14.8. The second-order valence-corrected chi connectivity index (χ2v) is 18.6. The molecule has 13 aromatic rings. The third-order valence-corrected chi connectivity index (χ3v) is 14.8. The first kappa shape index (κ1) is 37.1. The van der Waals surface area contributed by atoms with Crippen LogP contribution in [-0.2, 0) is 0 Å². The van der Waals surface area contributed by atoms with Gasteiger partial charge in [0.15, 0.2) is 0 Å². The fourth-order valence-electron chi connectivity index (χ4n) is 12.2. The van der Waals surface area contributed by atoms with Crippen molar-refractivity contribution in [2.45, 2.75) is 41.5 Å². The summed E-state index contributed by atoms with van der Waals surface area (Å²) in [7, 11) is 0. The Kier molecular flexibility index (Phi) is 7.80. The maximum atomic E-state index is 2.59. The number of aryl methyl sites for hydroxylation is 6. The van der Waals surface area contributed by atoms with E-state index in [9.17, 15) is 0 Å². The zero-order valence-corrected chi connectivity index (χ0v) is 37.2. The molecular formula is C64H46. The number of fused-ring (bicyclic) bond motifs is 9. The Morgan fingerprint density at radius 2 is 0.859 bits per heavy atom. The molecule has 0 atom stereocenters. The largest absolute Gasteiger partial charge is 0.0622 e. The number of hydrogen-bond acceptors (Lipinski definition) is 0. The average molecular weight is 815 g/mol. The van der Waals surface area contributed by atoms with Crippen molar-refractivity contribution in [2.75, 3.05) is 0 Å². The lowest BCUT2D eigenvalue weighted by Crippen LogP contribution is -1.92. The van der Waals surface area contributed by atoms with Gasteiger partial charge in [0, 0.05) is 0 Å². The predicted octanol–water partition coefficient (Wildman–Crippen LogP) is 18.3. The molecule has 0 amide bonds. The quantitative estimate of drug-likeness (QED) is 0.155. The van der Waals surface area contributed by atoms with E-state index in [1.165, 1.54) is 164 Å². The monoisotopic (exact) mass is 814 g/mol. The van der Waals surface area contributed by atoms with Gasteiger partial charge in [0.1, 0.15) is 0 Å². The van der Waals surface area contributed by atoms with Gasteiger partial charge in [-0.25, -0.2) is 0 Å². The Morgan fingerprint density at radius 1 is 0.234 bits per heavy atom. The number of benzene rings is 11. The molecule has 0 spiro atoms. The van der Waals surface area contributed by atoms with Gasteiger partial charge in [0.2, 0.25) is 0 Å². The highest BCUT2D eigenvalue weighted by atomic mass is 14.3. The standard InChI is InChI=1S/C64H46/c1-35-31-51-50-33-43(55-36(2)15-12-16-37(55)3)26-28-45(50)52-34-54-61(46-24-14-22-41-19-10-11-23-44(41)46)64-57-40(6)25-27-48-47(56-38(4)17-13-18-39(56)5)29-30-49(60(48)57)63(64)58(42-20-8-7-9-21-42)62(54)53(32-35)59(51)52/h7-34H,1-6H3. The van der Waals surface area contributed by atoms with Crippen molar-refractivity contribution in [3.8, 4) is 44.5 Å². The molecule has 0 nitrogen and oxygen atoms in total. The van der Waals surface area contributed by atoms with Crippen LogP contribution in [0.15, 0.2) is 170 Å². The van der Waals surface area contributed by atoms with E-state index in [0.29, 0.717) is 0 Å². The predicted molar refractivity (Wildman–Crippen MR) is 279 cm³/mol. The third kappa shape index (κ3) is 5.00. The SMILES string of the molecule is Cc1cc2c3cc(-c4c(C)cccc4C)ccc3c3cc4c(-c5cccc6ccccc56)c5c(c(-c6ccccc6)c4c(c1)c23)c1ccc(-c2c(C)cccc2C)c2ccc(C)c5c21.